The van der Waals surface area contributed by atoms with E-state index >= 15 is 0 Å². The first-order valence-corrected chi connectivity index (χ1v) is 9.39. The minimum Gasteiger partial charge on any atom is -0.491 e. The Morgan fingerprint density at radius 3 is 2.62 bits per heavy atom. The van der Waals surface area contributed by atoms with E-state index in [4.69, 9.17) is 9.47 Å². The van der Waals surface area contributed by atoms with Crippen LogP contribution in [0, 0.1) is 0 Å². The van der Waals surface area contributed by atoms with Crippen LogP contribution in [-0.4, -0.2) is 24.7 Å². The standard InChI is InChI=1S/C22H27NO3/c1-16(15-25-19-11-4-3-5-12-19)23-22(24)17(2)26-21-14-8-10-18-9-6-7-13-20(18)21/h3-5,8,10-12,14,16-17H,6-7,9,13,15H2,1-2H3,(H,23,24). The number of carbonyl (C=O) groups excluding carboxylic acids is 1. The van der Waals surface area contributed by atoms with E-state index in [1.165, 1.54) is 24.0 Å². The van der Waals surface area contributed by atoms with Gasteiger partial charge in [-0.15, -0.1) is 0 Å². The number of amides is 1. The first-order valence-electron chi connectivity index (χ1n) is 9.39. The lowest BCUT2D eigenvalue weighted by molar-refractivity contribution is -0.128. The van der Waals surface area contributed by atoms with Gasteiger partial charge < -0.3 is 14.8 Å². The van der Waals surface area contributed by atoms with Crippen molar-refractivity contribution in [1.29, 1.82) is 0 Å². The van der Waals surface area contributed by atoms with Crippen molar-refractivity contribution >= 4 is 5.91 Å². The molecule has 2 atom stereocenters. The quantitative estimate of drug-likeness (QED) is 0.821. The van der Waals surface area contributed by atoms with Crippen LogP contribution in [0.1, 0.15) is 37.8 Å². The van der Waals surface area contributed by atoms with Gasteiger partial charge in [0, 0.05) is 0 Å². The fourth-order valence-electron chi connectivity index (χ4n) is 3.24. The molecule has 4 nitrogen and oxygen atoms in total. The molecule has 0 fully saturated rings. The Balaban J connectivity index is 1.51. The Hall–Kier alpha value is -2.49. The third-order valence-electron chi connectivity index (χ3n) is 4.66. The number of fused-ring (bicyclic) bond motifs is 1. The molecule has 0 aromatic heterocycles. The summed E-state index contributed by atoms with van der Waals surface area (Å²) in [5, 5.41) is 2.96. The van der Waals surface area contributed by atoms with E-state index in [9.17, 15) is 4.79 Å². The molecule has 2 aromatic carbocycles. The van der Waals surface area contributed by atoms with Crippen molar-refractivity contribution in [2.24, 2.45) is 0 Å². The Kier molecular flexibility index (Phi) is 6.16. The summed E-state index contributed by atoms with van der Waals surface area (Å²) < 4.78 is 11.7. The van der Waals surface area contributed by atoms with Crippen LogP contribution < -0.4 is 14.8 Å². The lowest BCUT2D eigenvalue weighted by atomic mass is 9.91. The number of nitrogens with one attached hydrogen (secondary N) is 1. The van der Waals surface area contributed by atoms with Gasteiger partial charge in [0.1, 0.15) is 18.1 Å². The highest BCUT2D eigenvalue weighted by Crippen LogP contribution is 2.30. The molecule has 2 unspecified atom stereocenters. The minimum atomic E-state index is -0.539. The number of aryl methyl sites for hydroxylation is 1. The van der Waals surface area contributed by atoms with E-state index in [2.05, 4.69) is 11.4 Å². The van der Waals surface area contributed by atoms with Crippen molar-refractivity contribution in [3.63, 3.8) is 0 Å². The van der Waals surface area contributed by atoms with E-state index in [0.29, 0.717) is 6.61 Å². The molecule has 0 aliphatic heterocycles. The second-order valence-corrected chi connectivity index (χ2v) is 6.89. The number of ether oxygens (including phenoxy) is 2. The zero-order valence-electron chi connectivity index (χ0n) is 15.5. The molecule has 138 valence electrons. The predicted molar refractivity (Wildman–Crippen MR) is 103 cm³/mol. The Labute approximate surface area is 155 Å². The normalized spacial score (nSPS) is 15.5. The van der Waals surface area contributed by atoms with Crippen molar-refractivity contribution in [1.82, 2.24) is 5.32 Å². The van der Waals surface area contributed by atoms with Crippen molar-refractivity contribution in [2.45, 2.75) is 51.7 Å². The Bertz CT molecular complexity index is 729. The summed E-state index contributed by atoms with van der Waals surface area (Å²) in [5.74, 6) is 1.52. The van der Waals surface area contributed by atoms with Gasteiger partial charge in [-0.1, -0.05) is 30.3 Å². The average Bonchev–Trinajstić information content (AvgIpc) is 2.67. The number of carbonyl (C=O) groups is 1. The van der Waals surface area contributed by atoms with Gasteiger partial charge in [0.2, 0.25) is 0 Å². The third-order valence-corrected chi connectivity index (χ3v) is 4.66. The van der Waals surface area contributed by atoms with Crippen LogP contribution in [-0.2, 0) is 17.6 Å². The van der Waals surface area contributed by atoms with Gasteiger partial charge in [-0.05, 0) is 68.9 Å². The van der Waals surface area contributed by atoms with E-state index in [1.54, 1.807) is 6.92 Å². The van der Waals surface area contributed by atoms with Crippen LogP contribution in [0.5, 0.6) is 11.5 Å². The zero-order valence-corrected chi connectivity index (χ0v) is 15.5. The summed E-state index contributed by atoms with van der Waals surface area (Å²) in [5.41, 5.74) is 2.62. The van der Waals surface area contributed by atoms with Crippen LogP contribution in [0.3, 0.4) is 0 Å². The van der Waals surface area contributed by atoms with E-state index in [0.717, 1.165) is 24.3 Å². The van der Waals surface area contributed by atoms with E-state index in [1.807, 2.05) is 49.4 Å². The fourth-order valence-corrected chi connectivity index (χ4v) is 3.24. The maximum absolute atomic E-state index is 12.4. The van der Waals surface area contributed by atoms with Crippen LogP contribution in [0.2, 0.25) is 0 Å². The van der Waals surface area contributed by atoms with Crippen molar-refractivity contribution in [2.75, 3.05) is 6.61 Å². The van der Waals surface area contributed by atoms with Gasteiger partial charge >= 0.3 is 0 Å². The average molecular weight is 353 g/mol. The highest BCUT2D eigenvalue weighted by atomic mass is 16.5. The molecule has 0 heterocycles. The summed E-state index contributed by atoms with van der Waals surface area (Å²) in [6.07, 6.45) is 4.00. The highest BCUT2D eigenvalue weighted by Gasteiger charge is 2.20. The monoisotopic (exact) mass is 353 g/mol. The van der Waals surface area contributed by atoms with Gasteiger partial charge in [-0.25, -0.2) is 0 Å². The molecule has 2 aromatic rings. The van der Waals surface area contributed by atoms with Crippen molar-refractivity contribution in [3.05, 3.63) is 59.7 Å². The summed E-state index contributed by atoms with van der Waals surface area (Å²) in [4.78, 5) is 12.4. The molecule has 0 saturated carbocycles. The molecule has 0 radical (unpaired) electrons. The van der Waals surface area contributed by atoms with Gasteiger partial charge in [-0.2, -0.15) is 0 Å². The van der Waals surface area contributed by atoms with E-state index < -0.39 is 6.10 Å². The Morgan fingerprint density at radius 1 is 1.04 bits per heavy atom. The van der Waals surface area contributed by atoms with Gasteiger partial charge in [-0.3, -0.25) is 4.79 Å². The van der Waals surface area contributed by atoms with Crippen LogP contribution in [0.15, 0.2) is 48.5 Å². The Morgan fingerprint density at radius 2 is 1.81 bits per heavy atom. The molecule has 1 aliphatic rings. The molecule has 4 heteroatoms. The summed E-state index contributed by atoms with van der Waals surface area (Å²) in [7, 11) is 0. The third kappa shape index (κ3) is 4.78. The summed E-state index contributed by atoms with van der Waals surface area (Å²) in [6.45, 7) is 4.14. The highest BCUT2D eigenvalue weighted by molar-refractivity contribution is 5.81. The SMILES string of the molecule is CC(COc1ccccc1)NC(=O)C(C)Oc1cccc2c1CCCC2. The number of para-hydroxylation sites is 1. The second kappa shape index (κ2) is 8.75. The van der Waals surface area contributed by atoms with Crippen molar-refractivity contribution in [3.8, 4) is 11.5 Å². The predicted octanol–water partition coefficient (Wildman–Crippen LogP) is 3.92. The van der Waals surface area contributed by atoms with Crippen LogP contribution >= 0.6 is 0 Å². The lowest BCUT2D eigenvalue weighted by Gasteiger charge is -2.23. The maximum atomic E-state index is 12.4. The summed E-state index contributed by atoms with van der Waals surface area (Å²) >= 11 is 0. The smallest absolute Gasteiger partial charge is 0.261 e. The molecule has 1 amide bonds. The fraction of sp³-hybridized carbons (Fsp3) is 0.409. The topological polar surface area (TPSA) is 47.6 Å². The van der Waals surface area contributed by atoms with E-state index in [-0.39, 0.29) is 11.9 Å². The number of rotatable bonds is 7. The van der Waals surface area contributed by atoms with Gasteiger partial charge in [0.25, 0.3) is 5.91 Å². The molecule has 1 aliphatic carbocycles. The second-order valence-electron chi connectivity index (χ2n) is 6.89. The zero-order chi connectivity index (χ0) is 18.4. The molecular formula is C22H27NO3. The molecule has 0 bridgehead atoms. The molecule has 26 heavy (non-hydrogen) atoms. The number of hydrogen-bond donors (Lipinski definition) is 1. The molecule has 0 saturated heterocycles. The van der Waals surface area contributed by atoms with Crippen molar-refractivity contribution < 1.29 is 14.3 Å². The lowest BCUT2D eigenvalue weighted by Crippen LogP contribution is -2.43. The maximum Gasteiger partial charge on any atom is 0.261 e. The van der Waals surface area contributed by atoms with Gasteiger partial charge in [0.05, 0.1) is 6.04 Å². The molecular weight excluding hydrogens is 326 g/mol. The molecule has 0 spiro atoms. The van der Waals surface area contributed by atoms with Crippen LogP contribution in [0.4, 0.5) is 0 Å². The molecule has 1 N–H and O–H groups in total. The number of hydrogen-bond acceptors (Lipinski definition) is 3. The number of benzene rings is 2. The first kappa shape index (κ1) is 18.3. The summed E-state index contributed by atoms with van der Waals surface area (Å²) in [6, 6.07) is 15.6. The van der Waals surface area contributed by atoms with Gasteiger partial charge in [0.15, 0.2) is 6.10 Å². The minimum absolute atomic E-state index is 0.0987. The first-order chi connectivity index (χ1) is 12.6. The molecule has 3 rings (SSSR count). The largest absolute Gasteiger partial charge is 0.491 e. The van der Waals surface area contributed by atoms with Crippen LogP contribution in [0.25, 0.3) is 0 Å².